The molecule has 0 atom stereocenters. The van der Waals surface area contributed by atoms with E-state index in [4.69, 9.17) is 0 Å². The van der Waals surface area contributed by atoms with Gasteiger partial charge in [0.1, 0.15) is 0 Å². The smallest absolute Gasteiger partial charge is 0.266 e. The van der Waals surface area contributed by atoms with Crippen LogP contribution in [0.1, 0.15) is 12.5 Å². The first-order chi connectivity index (χ1) is 18.5. The van der Waals surface area contributed by atoms with Crippen LogP contribution in [0.2, 0.25) is 0 Å². The van der Waals surface area contributed by atoms with Gasteiger partial charge in [-0.25, -0.2) is 10.4 Å². The lowest BCUT2D eigenvalue weighted by molar-refractivity contribution is -0.118. The number of carbonyl (C=O) groups is 1. The van der Waals surface area contributed by atoms with Crippen molar-refractivity contribution in [2.75, 3.05) is 5.75 Å². The molecule has 0 spiro atoms. The Hall–Kier alpha value is -4.01. The molecule has 0 unspecified atom stereocenters. The van der Waals surface area contributed by atoms with Gasteiger partial charge in [0.15, 0.2) is 5.16 Å². The highest BCUT2D eigenvalue weighted by Gasteiger charge is 2.15. The first-order valence-electron chi connectivity index (χ1n) is 11.9. The van der Waals surface area contributed by atoms with Crippen molar-refractivity contribution < 1.29 is 4.79 Å². The number of carbonyl (C=O) groups excluding carboxylic acids is 1. The van der Waals surface area contributed by atoms with Gasteiger partial charge in [0.2, 0.25) is 0 Å². The number of aromatic nitrogens is 2. The van der Waals surface area contributed by atoms with Crippen molar-refractivity contribution >= 4 is 50.2 Å². The molecule has 0 aliphatic carbocycles. The number of para-hydroxylation sites is 1. The number of hydrogen-bond donors (Lipinski definition) is 1. The van der Waals surface area contributed by atoms with E-state index < -0.39 is 0 Å². The third-order valence-corrected chi connectivity index (χ3v) is 7.39. The van der Waals surface area contributed by atoms with E-state index >= 15 is 0 Å². The van der Waals surface area contributed by atoms with Gasteiger partial charge in [-0.05, 0) is 60.0 Å². The largest absolute Gasteiger partial charge is 0.272 e. The monoisotopic (exact) mass is 582 g/mol. The normalized spacial score (nSPS) is 11.5. The fraction of sp³-hybridized carbons (Fsp3) is 0.0667. The average Bonchev–Trinajstić information content (AvgIpc) is 2.96. The summed E-state index contributed by atoms with van der Waals surface area (Å²) in [5, 5.41) is 5.23. The maximum atomic E-state index is 13.3. The van der Waals surface area contributed by atoms with Crippen molar-refractivity contribution in [2.24, 2.45) is 5.10 Å². The maximum Gasteiger partial charge on any atom is 0.266 e. The minimum Gasteiger partial charge on any atom is -0.272 e. The molecule has 1 aromatic heterocycles. The molecule has 0 aliphatic heterocycles. The summed E-state index contributed by atoms with van der Waals surface area (Å²) in [5.74, 6) is -0.245. The minimum absolute atomic E-state index is 0.0467. The summed E-state index contributed by atoms with van der Waals surface area (Å²) in [4.78, 5) is 30.7. The van der Waals surface area contributed by atoms with Gasteiger partial charge in [-0.15, -0.1) is 0 Å². The average molecular weight is 584 g/mol. The third-order valence-electron chi connectivity index (χ3n) is 5.92. The van der Waals surface area contributed by atoms with E-state index in [9.17, 15) is 9.59 Å². The van der Waals surface area contributed by atoms with Gasteiger partial charge >= 0.3 is 0 Å². The van der Waals surface area contributed by atoms with Gasteiger partial charge in [-0.1, -0.05) is 94.4 Å². The van der Waals surface area contributed by atoms with Crippen LogP contribution in [-0.4, -0.2) is 26.9 Å². The summed E-state index contributed by atoms with van der Waals surface area (Å²) in [6.45, 7) is 1.85. The van der Waals surface area contributed by atoms with Crippen molar-refractivity contribution in [3.63, 3.8) is 0 Å². The quantitative estimate of drug-likeness (QED) is 0.103. The molecule has 0 fully saturated rings. The highest BCUT2D eigenvalue weighted by Crippen LogP contribution is 2.23. The number of nitrogens with one attached hydrogen (secondary N) is 1. The Bertz CT molecular complexity index is 1680. The van der Waals surface area contributed by atoms with Crippen molar-refractivity contribution in [1.29, 1.82) is 0 Å². The van der Waals surface area contributed by atoms with Gasteiger partial charge in [-0.3, -0.25) is 14.2 Å². The second-order valence-corrected chi connectivity index (χ2v) is 10.4. The zero-order valence-corrected chi connectivity index (χ0v) is 22.9. The second kappa shape index (κ2) is 11.6. The lowest BCUT2D eigenvalue weighted by atomic mass is 10.0. The lowest BCUT2D eigenvalue weighted by Gasteiger charge is -2.13. The maximum absolute atomic E-state index is 13.3. The van der Waals surface area contributed by atoms with Gasteiger partial charge in [-0.2, -0.15) is 5.10 Å². The van der Waals surface area contributed by atoms with Crippen LogP contribution < -0.4 is 11.0 Å². The molecule has 0 radical (unpaired) electrons. The van der Waals surface area contributed by atoms with Crippen LogP contribution in [0.25, 0.3) is 27.7 Å². The van der Waals surface area contributed by atoms with Crippen molar-refractivity contribution in [3.8, 4) is 16.8 Å². The first kappa shape index (κ1) is 25.6. The number of hydrogen-bond acceptors (Lipinski definition) is 5. The molecule has 8 heteroatoms. The van der Waals surface area contributed by atoms with Gasteiger partial charge < -0.3 is 0 Å². The van der Waals surface area contributed by atoms with Crippen LogP contribution in [0, 0.1) is 0 Å². The Labute approximate surface area is 232 Å². The predicted octanol–water partition coefficient (Wildman–Crippen LogP) is 6.45. The molecule has 5 aromatic rings. The number of halogens is 1. The van der Waals surface area contributed by atoms with Crippen LogP contribution in [0.15, 0.2) is 123 Å². The number of amides is 1. The van der Waals surface area contributed by atoms with Crippen molar-refractivity contribution in [2.45, 2.75) is 12.1 Å². The van der Waals surface area contributed by atoms with Gasteiger partial charge in [0.05, 0.1) is 28.1 Å². The molecule has 1 heterocycles. The minimum atomic E-state index is -0.292. The summed E-state index contributed by atoms with van der Waals surface area (Å²) < 4.78 is 2.44. The molecule has 188 valence electrons. The summed E-state index contributed by atoms with van der Waals surface area (Å²) in [5.41, 5.74) is 7.56. The molecule has 1 N–H and O–H groups in total. The highest BCUT2D eigenvalue weighted by atomic mass is 79.9. The number of thioether (sulfide) groups is 1. The Morgan fingerprint density at radius 1 is 0.895 bits per heavy atom. The van der Waals surface area contributed by atoms with E-state index in [2.05, 4.69) is 43.6 Å². The number of hydrazone groups is 1. The summed E-state index contributed by atoms with van der Waals surface area (Å²) in [6, 6.07) is 32.8. The standard InChI is InChI=1S/C30H23BrN4O2S/c1-20(21-11-13-23(14-12-21)22-7-3-2-4-8-22)33-34-28(36)19-38-30-32-27-10-6-5-9-26(27)29(37)35(30)25-17-15-24(31)16-18-25/h2-18H,19H2,1H3,(H,34,36)/b33-20+. The summed E-state index contributed by atoms with van der Waals surface area (Å²) in [6.07, 6.45) is 0. The molecule has 6 nitrogen and oxygen atoms in total. The molecule has 0 aliphatic rings. The van der Waals surface area contributed by atoms with Crippen LogP contribution in [0.3, 0.4) is 0 Å². The van der Waals surface area contributed by atoms with E-state index in [0.29, 0.717) is 27.5 Å². The molecular weight excluding hydrogens is 560 g/mol. The molecule has 38 heavy (non-hydrogen) atoms. The number of benzene rings is 4. The highest BCUT2D eigenvalue weighted by molar-refractivity contribution is 9.10. The lowest BCUT2D eigenvalue weighted by Crippen LogP contribution is -2.24. The molecule has 0 saturated heterocycles. The number of rotatable bonds is 7. The van der Waals surface area contributed by atoms with Crippen LogP contribution in [-0.2, 0) is 4.79 Å². The molecule has 0 bridgehead atoms. The zero-order chi connectivity index (χ0) is 26.5. The van der Waals surface area contributed by atoms with Gasteiger partial charge in [0.25, 0.3) is 11.5 Å². The first-order valence-corrected chi connectivity index (χ1v) is 13.7. The fourth-order valence-electron chi connectivity index (χ4n) is 3.93. The topological polar surface area (TPSA) is 76.3 Å². The molecular formula is C30H23BrN4O2S. The molecule has 1 amide bonds. The Morgan fingerprint density at radius 3 is 2.29 bits per heavy atom. The number of fused-ring (bicyclic) bond motifs is 1. The molecule has 4 aromatic carbocycles. The van der Waals surface area contributed by atoms with Crippen LogP contribution in [0.4, 0.5) is 0 Å². The summed E-state index contributed by atoms with van der Waals surface area (Å²) in [7, 11) is 0. The van der Waals surface area contributed by atoms with Crippen molar-refractivity contribution in [1.82, 2.24) is 15.0 Å². The van der Waals surface area contributed by atoms with E-state index in [-0.39, 0.29) is 17.2 Å². The predicted molar refractivity (Wildman–Crippen MR) is 158 cm³/mol. The number of nitrogens with zero attached hydrogens (tertiary/aromatic N) is 3. The second-order valence-electron chi connectivity index (χ2n) is 8.49. The molecule has 5 rings (SSSR count). The Morgan fingerprint density at radius 2 is 1.55 bits per heavy atom. The van der Waals surface area contributed by atoms with E-state index in [1.54, 1.807) is 12.1 Å². The zero-order valence-electron chi connectivity index (χ0n) is 20.5. The van der Waals surface area contributed by atoms with Crippen molar-refractivity contribution in [3.05, 3.63) is 124 Å². The van der Waals surface area contributed by atoms with Gasteiger partial charge in [0, 0.05) is 4.47 Å². The SMILES string of the molecule is C/C(=N\NC(=O)CSc1nc2ccccc2c(=O)n1-c1ccc(Br)cc1)c1ccc(-c2ccccc2)cc1. The van der Waals surface area contributed by atoms with Crippen LogP contribution in [0.5, 0.6) is 0 Å². The Kier molecular flexibility index (Phi) is 7.81. The van der Waals surface area contributed by atoms with E-state index in [0.717, 1.165) is 21.2 Å². The van der Waals surface area contributed by atoms with Crippen LogP contribution >= 0.6 is 27.7 Å². The Balaban J connectivity index is 1.31. The molecule has 0 saturated carbocycles. The summed E-state index contributed by atoms with van der Waals surface area (Å²) >= 11 is 4.62. The van der Waals surface area contributed by atoms with E-state index in [1.807, 2.05) is 85.8 Å². The van der Waals surface area contributed by atoms with E-state index in [1.165, 1.54) is 16.3 Å². The fourth-order valence-corrected chi connectivity index (χ4v) is 5.00. The third kappa shape index (κ3) is 5.77.